The summed E-state index contributed by atoms with van der Waals surface area (Å²) in [5.74, 6) is 1.44. The Hall–Kier alpha value is -0.980. The van der Waals surface area contributed by atoms with E-state index in [0.29, 0.717) is 11.9 Å². The average Bonchev–Trinajstić information content (AvgIpc) is 3.18. The fourth-order valence-electron chi connectivity index (χ4n) is 3.39. The van der Waals surface area contributed by atoms with Crippen molar-refractivity contribution in [1.82, 2.24) is 20.4 Å². The van der Waals surface area contributed by atoms with Gasteiger partial charge in [0.1, 0.15) is 6.10 Å². The Bertz CT molecular complexity index is 444. The van der Waals surface area contributed by atoms with Crippen LogP contribution in [0.5, 0.6) is 0 Å². The van der Waals surface area contributed by atoms with Gasteiger partial charge in [-0.2, -0.15) is 4.98 Å². The number of hydrogen-bond donors (Lipinski definition) is 1. The molecule has 1 N–H and O–H groups in total. The summed E-state index contributed by atoms with van der Waals surface area (Å²) >= 11 is 0. The summed E-state index contributed by atoms with van der Waals surface area (Å²) in [4.78, 5) is 7.04. The number of aromatic nitrogens is 2. The lowest BCUT2D eigenvalue weighted by Crippen LogP contribution is -2.42. The maximum atomic E-state index is 5.91. The fourth-order valence-corrected chi connectivity index (χ4v) is 3.39. The van der Waals surface area contributed by atoms with Gasteiger partial charge in [-0.05, 0) is 38.8 Å². The van der Waals surface area contributed by atoms with Gasteiger partial charge in [-0.15, -0.1) is 0 Å². The van der Waals surface area contributed by atoms with Gasteiger partial charge in [0.2, 0.25) is 11.7 Å². The minimum atomic E-state index is -0.0201. The molecule has 0 saturated carbocycles. The summed E-state index contributed by atoms with van der Waals surface area (Å²) in [6, 6.07) is 0.850. The molecule has 3 aliphatic heterocycles. The van der Waals surface area contributed by atoms with Crippen molar-refractivity contribution in [3.8, 4) is 0 Å². The number of nitrogens with one attached hydrogen (secondary N) is 1. The van der Waals surface area contributed by atoms with Crippen LogP contribution in [0.3, 0.4) is 0 Å². The van der Waals surface area contributed by atoms with Crippen LogP contribution < -0.4 is 5.32 Å². The molecule has 0 amide bonds. The zero-order valence-electron chi connectivity index (χ0n) is 11.0. The lowest BCUT2D eigenvalue weighted by atomic mass is 10.2. The maximum absolute atomic E-state index is 5.91. The first-order valence-corrected chi connectivity index (χ1v) is 7.33. The highest BCUT2D eigenvalue weighted by Gasteiger charge is 2.35. The molecule has 0 aliphatic carbocycles. The van der Waals surface area contributed by atoms with Crippen LogP contribution in [-0.4, -0.2) is 47.3 Å². The van der Waals surface area contributed by atoms with E-state index < -0.39 is 0 Å². The van der Waals surface area contributed by atoms with Crippen molar-refractivity contribution in [3.63, 3.8) is 0 Å². The smallest absolute Gasteiger partial charge is 0.243 e. The number of rotatable bonds is 2. The molecule has 104 valence electrons. The molecule has 0 spiro atoms. The lowest BCUT2D eigenvalue weighted by molar-refractivity contribution is -0.0548. The highest BCUT2D eigenvalue weighted by atomic mass is 16.5. The monoisotopic (exact) mass is 264 g/mol. The second kappa shape index (κ2) is 4.85. The van der Waals surface area contributed by atoms with Crippen molar-refractivity contribution in [3.05, 3.63) is 11.7 Å². The highest BCUT2D eigenvalue weighted by molar-refractivity contribution is 5.00. The Morgan fingerprint density at radius 3 is 3.16 bits per heavy atom. The van der Waals surface area contributed by atoms with Gasteiger partial charge in [0.05, 0.1) is 12.6 Å². The molecule has 0 radical (unpaired) electrons. The molecule has 4 heterocycles. The molecule has 6 nitrogen and oxygen atoms in total. The molecule has 3 atom stereocenters. The van der Waals surface area contributed by atoms with E-state index >= 15 is 0 Å². The Labute approximate surface area is 112 Å². The van der Waals surface area contributed by atoms with E-state index in [9.17, 15) is 0 Å². The molecule has 4 rings (SSSR count). The minimum absolute atomic E-state index is 0.0201. The van der Waals surface area contributed by atoms with E-state index in [4.69, 9.17) is 9.26 Å². The second-order valence-corrected chi connectivity index (χ2v) is 5.75. The summed E-state index contributed by atoms with van der Waals surface area (Å²) in [6.07, 6.45) is 4.78. The van der Waals surface area contributed by atoms with Crippen molar-refractivity contribution < 1.29 is 9.26 Å². The molecule has 6 heteroatoms. The SMILES string of the molecule is C1CN[C@H](c2nc(C3CN4CCCC4CO3)no2)C1. The van der Waals surface area contributed by atoms with Crippen molar-refractivity contribution in [2.75, 3.05) is 26.2 Å². The third kappa shape index (κ3) is 2.17. The standard InChI is InChI=1S/C13H20N4O2/c1-4-10(14-5-1)13-15-12(16-19-13)11-7-17-6-2-3-9(17)8-18-11/h9-11,14H,1-8H2/t9?,10-,11?/m0/s1. The topological polar surface area (TPSA) is 63.4 Å². The molecule has 3 aliphatic rings. The largest absolute Gasteiger partial charge is 0.367 e. The van der Waals surface area contributed by atoms with Crippen LogP contribution in [-0.2, 0) is 4.74 Å². The minimum Gasteiger partial charge on any atom is -0.367 e. The van der Waals surface area contributed by atoms with Crippen LogP contribution in [0.1, 0.15) is 49.5 Å². The van der Waals surface area contributed by atoms with Crippen LogP contribution in [0.15, 0.2) is 4.52 Å². The summed E-state index contributed by atoms with van der Waals surface area (Å²) in [5, 5.41) is 7.50. The summed E-state index contributed by atoms with van der Waals surface area (Å²) in [6.45, 7) is 3.93. The number of morpholine rings is 1. The van der Waals surface area contributed by atoms with Crippen LogP contribution in [0.4, 0.5) is 0 Å². The van der Waals surface area contributed by atoms with Crippen LogP contribution in [0, 0.1) is 0 Å². The molecule has 19 heavy (non-hydrogen) atoms. The van der Waals surface area contributed by atoms with Gasteiger partial charge in [0.15, 0.2) is 0 Å². The average molecular weight is 264 g/mol. The molecule has 0 bridgehead atoms. The molecule has 0 aromatic carbocycles. The normalized spacial score (nSPS) is 35.7. The number of nitrogens with zero attached hydrogens (tertiary/aromatic N) is 3. The zero-order chi connectivity index (χ0) is 12.7. The van der Waals surface area contributed by atoms with E-state index in [1.165, 1.54) is 25.8 Å². The van der Waals surface area contributed by atoms with E-state index in [0.717, 1.165) is 32.0 Å². The Kier molecular flexibility index (Phi) is 3.01. The van der Waals surface area contributed by atoms with Gasteiger partial charge in [-0.3, -0.25) is 4.90 Å². The lowest BCUT2D eigenvalue weighted by Gasteiger charge is -2.33. The Balaban J connectivity index is 1.47. The number of hydrogen-bond acceptors (Lipinski definition) is 6. The summed E-state index contributed by atoms with van der Waals surface area (Å²) in [5.41, 5.74) is 0. The molecule has 1 aromatic rings. The quantitative estimate of drug-likeness (QED) is 0.861. The van der Waals surface area contributed by atoms with Crippen molar-refractivity contribution >= 4 is 0 Å². The molecule has 2 unspecified atom stereocenters. The second-order valence-electron chi connectivity index (χ2n) is 5.75. The predicted molar refractivity (Wildman–Crippen MR) is 67.6 cm³/mol. The van der Waals surface area contributed by atoms with Gasteiger partial charge in [0, 0.05) is 12.6 Å². The maximum Gasteiger partial charge on any atom is 0.243 e. The van der Waals surface area contributed by atoms with Gasteiger partial charge in [0.25, 0.3) is 0 Å². The van der Waals surface area contributed by atoms with Gasteiger partial charge >= 0.3 is 0 Å². The molecular formula is C13H20N4O2. The molecule has 3 fully saturated rings. The van der Waals surface area contributed by atoms with E-state index in [1.807, 2.05) is 0 Å². The van der Waals surface area contributed by atoms with Gasteiger partial charge in [-0.1, -0.05) is 5.16 Å². The van der Waals surface area contributed by atoms with Crippen molar-refractivity contribution in [1.29, 1.82) is 0 Å². The zero-order valence-corrected chi connectivity index (χ0v) is 11.0. The fraction of sp³-hybridized carbons (Fsp3) is 0.846. The van der Waals surface area contributed by atoms with E-state index in [-0.39, 0.29) is 12.1 Å². The molecule has 1 aromatic heterocycles. The summed E-state index contributed by atoms with van der Waals surface area (Å²) < 4.78 is 11.3. The van der Waals surface area contributed by atoms with Crippen LogP contribution >= 0.6 is 0 Å². The molecule has 3 saturated heterocycles. The number of ether oxygens (including phenoxy) is 1. The Morgan fingerprint density at radius 1 is 1.26 bits per heavy atom. The van der Waals surface area contributed by atoms with Gasteiger partial charge < -0.3 is 14.6 Å². The highest BCUT2D eigenvalue weighted by Crippen LogP contribution is 2.30. The molecular weight excluding hydrogens is 244 g/mol. The van der Waals surface area contributed by atoms with Crippen molar-refractivity contribution in [2.45, 2.75) is 43.9 Å². The Morgan fingerprint density at radius 2 is 2.26 bits per heavy atom. The van der Waals surface area contributed by atoms with Crippen LogP contribution in [0.25, 0.3) is 0 Å². The van der Waals surface area contributed by atoms with Crippen molar-refractivity contribution in [2.24, 2.45) is 0 Å². The third-order valence-corrected chi connectivity index (χ3v) is 4.49. The summed E-state index contributed by atoms with van der Waals surface area (Å²) in [7, 11) is 0. The number of fused-ring (bicyclic) bond motifs is 1. The van der Waals surface area contributed by atoms with Gasteiger partial charge in [-0.25, -0.2) is 0 Å². The first-order valence-electron chi connectivity index (χ1n) is 7.33. The van der Waals surface area contributed by atoms with E-state index in [1.54, 1.807) is 0 Å². The van der Waals surface area contributed by atoms with E-state index in [2.05, 4.69) is 20.4 Å². The predicted octanol–water partition coefficient (Wildman–Crippen LogP) is 1.03. The van der Waals surface area contributed by atoms with Crippen LogP contribution in [0.2, 0.25) is 0 Å². The third-order valence-electron chi connectivity index (χ3n) is 4.49. The first-order chi connectivity index (χ1) is 9.40. The first kappa shape index (κ1) is 11.8.